The van der Waals surface area contributed by atoms with Crippen molar-refractivity contribution < 1.29 is 22.3 Å². The third-order valence-corrected chi connectivity index (χ3v) is 6.28. The summed E-state index contributed by atoms with van der Waals surface area (Å²) in [7, 11) is 0. The Morgan fingerprint density at radius 2 is 1.65 bits per heavy atom. The lowest BCUT2D eigenvalue weighted by Crippen LogP contribution is -2.47. The Hall–Kier alpha value is -3.25. The molecule has 1 aromatic carbocycles. The number of allylic oxidation sites excluding steroid dienone is 3. The van der Waals surface area contributed by atoms with E-state index in [1.165, 1.54) is 25.1 Å². The van der Waals surface area contributed by atoms with Crippen molar-refractivity contribution in [2.24, 2.45) is 4.99 Å². The van der Waals surface area contributed by atoms with Crippen LogP contribution in [0.2, 0.25) is 5.02 Å². The summed E-state index contributed by atoms with van der Waals surface area (Å²) in [6, 6.07) is 4.31. The highest BCUT2D eigenvalue weighted by molar-refractivity contribution is 6.30. The van der Waals surface area contributed by atoms with Crippen molar-refractivity contribution in [1.29, 1.82) is 0 Å². The van der Waals surface area contributed by atoms with Crippen LogP contribution < -0.4 is 9.80 Å². The Kier molecular flexibility index (Phi) is 8.28. The lowest BCUT2D eigenvalue weighted by molar-refractivity contribution is -0.0903. The molecule has 2 fully saturated rings. The normalized spacial score (nSPS) is 17.8. The quantitative estimate of drug-likeness (QED) is 0.307. The molecule has 0 unspecified atom stereocenters. The molecule has 0 spiro atoms. The molecular formula is C24H26ClF4N7O. The van der Waals surface area contributed by atoms with Crippen molar-refractivity contribution in [3.8, 4) is 11.4 Å². The van der Waals surface area contributed by atoms with Crippen LogP contribution in [0, 0.1) is 5.82 Å². The van der Waals surface area contributed by atoms with Crippen LogP contribution in [0.15, 0.2) is 46.7 Å². The number of hydrogen-bond acceptors (Lipinski definition) is 8. The van der Waals surface area contributed by atoms with Crippen molar-refractivity contribution in [1.82, 2.24) is 19.9 Å². The number of aromatic nitrogens is 3. The van der Waals surface area contributed by atoms with Gasteiger partial charge in [0.05, 0.1) is 23.8 Å². The molecule has 8 nitrogen and oxygen atoms in total. The SMILES string of the molecule is C=N/C(=C(\C=C/C)C(F)(F)F)N1CCN(c2nc(-c3ccc(Cl)c(F)c3)nc(N3CCOCC3)n2)CC1. The number of morpholine rings is 1. The summed E-state index contributed by atoms with van der Waals surface area (Å²) in [5.41, 5.74) is -0.416. The van der Waals surface area contributed by atoms with Gasteiger partial charge in [-0.2, -0.15) is 28.1 Å². The largest absolute Gasteiger partial charge is 0.419 e. The number of aliphatic imine (C=N–C) groups is 1. The number of benzene rings is 1. The zero-order valence-electron chi connectivity index (χ0n) is 20.2. The van der Waals surface area contributed by atoms with Gasteiger partial charge in [0.15, 0.2) is 5.82 Å². The first-order valence-electron chi connectivity index (χ1n) is 11.7. The molecule has 0 aliphatic carbocycles. The van der Waals surface area contributed by atoms with Gasteiger partial charge in [-0.15, -0.1) is 0 Å². The van der Waals surface area contributed by atoms with E-state index >= 15 is 0 Å². The molecule has 2 aliphatic heterocycles. The maximum absolute atomic E-state index is 14.2. The molecule has 0 atom stereocenters. The first-order chi connectivity index (χ1) is 17.7. The van der Waals surface area contributed by atoms with E-state index in [-0.39, 0.29) is 29.8 Å². The van der Waals surface area contributed by atoms with Gasteiger partial charge in [-0.1, -0.05) is 23.8 Å². The van der Waals surface area contributed by atoms with Gasteiger partial charge in [-0.25, -0.2) is 9.38 Å². The number of nitrogens with zero attached hydrogens (tertiary/aromatic N) is 7. The van der Waals surface area contributed by atoms with Crippen molar-refractivity contribution in [2.75, 3.05) is 62.3 Å². The molecule has 198 valence electrons. The van der Waals surface area contributed by atoms with Crippen LogP contribution in [-0.2, 0) is 4.74 Å². The Morgan fingerprint density at radius 1 is 1.03 bits per heavy atom. The monoisotopic (exact) mass is 539 g/mol. The van der Waals surface area contributed by atoms with Gasteiger partial charge >= 0.3 is 6.18 Å². The molecule has 0 bridgehead atoms. The van der Waals surface area contributed by atoms with E-state index in [1.807, 2.05) is 9.80 Å². The number of ether oxygens (including phenoxy) is 1. The van der Waals surface area contributed by atoms with E-state index in [1.54, 1.807) is 11.0 Å². The third kappa shape index (κ3) is 6.19. The van der Waals surface area contributed by atoms with Gasteiger partial charge in [0.1, 0.15) is 11.6 Å². The zero-order valence-corrected chi connectivity index (χ0v) is 20.9. The number of anilines is 2. The minimum absolute atomic E-state index is 0.0154. The van der Waals surface area contributed by atoms with E-state index < -0.39 is 17.6 Å². The molecular weight excluding hydrogens is 514 g/mol. The third-order valence-electron chi connectivity index (χ3n) is 5.97. The fourth-order valence-electron chi connectivity index (χ4n) is 4.10. The topological polar surface area (TPSA) is 70.0 Å². The van der Waals surface area contributed by atoms with Gasteiger partial charge in [0.25, 0.3) is 0 Å². The van der Waals surface area contributed by atoms with E-state index in [0.29, 0.717) is 56.9 Å². The summed E-state index contributed by atoms with van der Waals surface area (Å²) in [4.78, 5) is 22.8. The first-order valence-corrected chi connectivity index (χ1v) is 12.0. The Balaban J connectivity index is 1.64. The second-order valence-corrected chi connectivity index (χ2v) is 8.76. The fraction of sp³-hybridized carbons (Fsp3) is 0.417. The molecule has 37 heavy (non-hydrogen) atoms. The highest BCUT2D eigenvalue weighted by Crippen LogP contribution is 2.32. The standard InChI is InChI=1S/C24H26ClF4N7O/c1-3-4-17(24(27,28)29)21(30-2)34-7-9-35(10-8-34)22-31-20(16-5-6-18(25)19(26)15-16)32-23(33-22)36-11-13-37-14-12-36/h3-6,15H,2,7-14H2,1H3/b4-3-,21-17-. The fourth-order valence-corrected chi connectivity index (χ4v) is 4.22. The minimum Gasteiger partial charge on any atom is -0.378 e. The number of alkyl halides is 3. The van der Waals surface area contributed by atoms with Crippen molar-refractivity contribution >= 4 is 30.2 Å². The van der Waals surface area contributed by atoms with E-state index in [4.69, 9.17) is 16.3 Å². The molecule has 3 heterocycles. The molecule has 4 rings (SSSR count). The predicted octanol–water partition coefficient (Wildman–Crippen LogP) is 4.34. The van der Waals surface area contributed by atoms with Gasteiger partial charge in [-0.05, 0) is 31.8 Å². The molecule has 2 aromatic rings. The molecule has 0 radical (unpaired) electrons. The van der Waals surface area contributed by atoms with Crippen LogP contribution in [0.1, 0.15) is 6.92 Å². The lowest BCUT2D eigenvalue weighted by Gasteiger charge is -2.37. The summed E-state index contributed by atoms with van der Waals surface area (Å²) < 4.78 is 60.4. The Bertz CT molecular complexity index is 1190. The molecule has 0 amide bonds. The molecule has 2 saturated heterocycles. The maximum Gasteiger partial charge on any atom is 0.419 e. The number of rotatable bonds is 6. The number of piperazine rings is 1. The molecule has 2 aliphatic rings. The maximum atomic E-state index is 14.2. The van der Waals surface area contributed by atoms with E-state index in [2.05, 4.69) is 26.7 Å². The van der Waals surface area contributed by atoms with Crippen molar-refractivity contribution in [3.05, 3.63) is 52.6 Å². The van der Waals surface area contributed by atoms with Crippen LogP contribution in [0.3, 0.4) is 0 Å². The molecule has 1 aromatic heterocycles. The van der Waals surface area contributed by atoms with Crippen LogP contribution >= 0.6 is 11.6 Å². The minimum atomic E-state index is -4.57. The van der Waals surface area contributed by atoms with Crippen LogP contribution in [0.4, 0.5) is 29.5 Å². The molecule has 0 saturated carbocycles. The summed E-state index contributed by atoms with van der Waals surface area (Å²) in [6.45, 7) is 8.23. The van der Waals surface area contributed by atoms with Crippen LogP contribution in [0.5, 0.6) is 0 Å². The van der Waals surface area contributed by atoms with E-state index in [9.17, 15) is 17.6 Å². The van der Waals surface area contributed by atoms with Gasteiger partial charge in [0.2, 0.25) is 11.9 Å². The van der Waals surface area contributed by atoms with E-state index in [0.717, 1.165) is 6.08 Å². The van der Waals surface area contributed by atoms with Gasteiger partial charge in [0, 0.05) is 44.8 Å². The molecule has 13 heteroatoms. The Labute approximate surface area is 216 Å². The lowest BCUT2D eigenvalue weighted by atomic mass is 10.2. The highest BCUT2D eigenvalue weighted by Gasteiger charge is 2.37. The van der Waals surface area contributed by atoms with Gasteiger partial charge < -0.3 is 19.4 Å². The van der Waals surface area contributed by atoms with Crippen LogP contribution in [-0.4, -0.2) is 85.2 Å². The first kappa shape index (κ1) is 26.8. The summed E-state index contributed by atoms with van der Waals surface area (Å²) >= 11 is 5.84. The van der Waals surface area contributed by atoms with Gasteiger partial charge in [-0.3, -0.25) is 0 Å². The van der Waals surface area contributed by atoms with Crippen molar-refractivity contribution in [2.45, 2.75) is 13.1 Å². The number of hydrogen-bond donors (Lipinski definition) is 0. The highest BCUT2D eigenvalue weighted by atomic mass is 35.5. The molecule has 0 N–H and O–H groups in total. The Morgan fingerprint density at radius 3 is 2.19 bits per heavy atom. The van der Waals surface area contributed by atoms with Crippen molar-refractivity contribution in [3.63, 3.8) is 0 Å². The summed E-state index contributed by atoms with van der Waals surface area (Å²) in [5, 5.41) is -0.0154. The zero-order chi connectivity index (χ0) is 26.6. The second kappa shape index (κ2) is 11.4. The summed E-state index contributed by atoms with van der Waals surface area (Å²) in [6.07, 6.45) is -2.25. The summed E-state index contributed by atoms with van der Waals surface area (Å²) in [5.74, 6) is 0.225. The predicted molar refractivity (Wildman–Crippen MR) is 134 cm³/mol. The average Bonchev–Trinajstić information content (AvgIpc) is 2.90. The average molecular weight is 540 g/mol. The smallest absolute Gasteiger partial charge is 0.378 e. The second-order valence-electron chi connectivity index (χ2n) is 8.35. The number of halogens is 5. The van der Waals surface area contributed by atoms with Crippen LogP contribution in [0.25, 0.3) is 11.4 Å².